The number of carbonyl (C=O) groups is 2. The van der Waals surface area contributed by atoms with Gasteiger partial charge in [0.1, 0.15) is 11.2 Å². The zero-order valence-corrected chi connectivity index (χ0v) is 25.0. The number of nitrogens with zero attached hydrogens (tertiary/aromatic N) is 2. The summed E-state index contributed by atoms with van der Waals surface area (Å²) >= 11 is 12.6. The number of halogens is 3. The number of nitrogens with one attached hydrogen (secondary N) is 3. The van der Waals surface area contributed by atoms with E-state index in [1.807, 2.05) is 6.07 Å². The third-order valence-electron chi connectivity index (χ3n) is 8.54. The van der Waals surface area contributed by atoms with E-state index in [0.717, 1.165) is 32.7 Å². The lowest BCUT2D eigenvalue weighted by Gasteiger charge is -2.37. The van der Waals surface area contributed by atoms with E-state index in [0.29, 0.717) is 29.2 Å². The first-order valence-electron chi connectivity index (χ1n) is 13.9. The van der Waals surface area contributed by atoms with Gasteiger partial charge in [-0.2, -0.15) is 0 Å². The molecule has 2 saturated heterocycles. The standard InChI is InChI=1S/C30H38Cl2FN5O2/c1-29(2,3)17-23-30(20-9-8-18(31)16-22(20)35-28(30)40)24(19-6-5-7-21(32)25(19)33)26(36-23)27(39)34-10-11-38-14-12-37(4)13-15-38/h5-9,16,23-24,26,36H,10-15,17H2,1-4H3,(H,34,39)(H,35,40)/t23-,24+,26-,30-/m1/s1. The number of rotatable bonds is 6. The number of hydrogen-bond acceptors (Lipinski definition) is 5. The monoisotopic (exact) mass is 589 g/mol. The fourth-order valence-corrected chi connectivity index (χ4v) is 7.02. The summed E-state index contributed by atoms with van der Waals surface area (Å²) in [5.74, 6) is -1.99. The van der Waals surface area contributed by atoms with E-state index in [1.54, 1.807) is 24.3 Å². The largest absolute Gasteiger partial charge is 0.353 e. The Balaban J connectivity index is 1.56. The molecule has 5 rings (SSSR count). The summed E-state index contributed by atoms with van der Waals surface area (Å²) in [6.07, 6.45) is 0.576. The topological polar surface area (TPSA) is 76.7 Å². The number of benzene rings is 2. The summed E-state index contributed by atoms with van der Waals surface area (Å²) in [5, 5.41) is 10.1. The molecule has 2 aromatic carbocycles. The lowest BCUT2D eigenvalue weighted by molar-refractivity contribution is -0.124. The van der Waals surface area contributed by atoms with Crippen molar-refractivity contribution in [1.82, 2.24) is 20.4 Å². The normalized spacial score (nSPS) is 27.2. The zero-order chi connectivity index (χ0) is 28.8. The van der Waals surface area contributed by atoms with Crippen LogP contribution in [0, 0.1) is 11.2 Å². The van der Waals surface area contributed by atoms with Crippen molar-refractivity contribution in [3.63, 3.8) is 0 Å². The van der Waals surface area contributed by atoms with Crippen LogP contribution >= 0.6 is 23.2 Å². The van der Waals surface area contributed by atoms with Gasteiger partial charge < -0.3 is 20.9 Å². The summed E-state index contributed by atoms with van der Waals surface area (Å²) < 4.78 is 15.8. The van der Waals surface area contributed by atoms with Gasteiger partial charge in [0.2, 0.25) is 11.8 Å². The van der Waals surface area contributed by atoms with Gasteiger partial charge in [0.05, 0.1) is 11.1 Å². The SMILES string of the molecule is CN1CCN(CCNC(=O)[C@@H]2N[C@H](CC(C)(C)C)[C@@]3(C(=O)Nc4cc(Cl)ccc43)[C@H]2c2cccc(Cl)c2F)CC1. The molecule has 2 amide bonds. The van der Waals surface area contributed by atoms with Crippen LogP contribution < -0.4 is 16.0 Å². The number of likely N-dealkylation sites (N-methyl/N-ethyl adjacent to an activating group) is 1. The Bertz CT molecular complexity index is 1290. The maximum Gasteiger partial charge on any atom is 0.237 e. The first-order chi connectivity index (χ1) is 18.9. The van der Waals surface area contributed by atoms with Gasteiger partial charge in [0.15, 0.2) is 0 Å². The molecule has 0 aliphatic carbocycles. The van der Waals surface area contributed by atoms with Gasteiger partial charge in [-0.1, -0.05) is 62.2 Å². The molecule has 216 valence electrons. The summed E-state index contributed by atoms with van der Waals surface area (Å²) in [4.78, 5) is 32.7. The molecule has 3 aliphatic rings. The highest BCUT2D eigenvalue weighted by atomic mass is 35.5. The summed E-state index contributed by atoms with van der Waals surface area (Å²) in [7, 11) is 2.11. The average Bonchev–Trinajstić information content (AvgIpc) is 3.35. The molecule has 2 aromatic rings. The Labute approximate surface area is 245 Å². The van der Waals surface area contributed by atoms with Crippen molar-refractivity contribution in [1.29, 1.82) is 0 Å². The highest BCUT2D eigenvalue weighted by Gasteiger charge is 2.66. The molecule has 2 fully saturated rings. The van der Waals surface area contributed by atoms with Crippen molar-refractivity contribution in [3.8, 4) is 0 Å². The molecule has 3 heterocycles. The van der Waals surface area contributed by atoms with Crippen molar-refractivity contribution in [2.45, 2.75) is 50.6 Å². The number of amides is 2. The smallest absolute Gasteiger partial charge is 0.237 e. The number of hydrogen-bond donors (Lipinski definition) is 3. The second-order valence-electron chi connectivity index (χ2n) is 12.5. The Hall–Kier alpha value is -2.23. The number of fused-ring (bicyclic) bond motifs is 2. The molecular weight excluding hydrogens is 552 g/mol. The van der Waals surface area contributed by atoms with Gasteiger partial charge in [-0.3, -0.25) is 14.5 Å². The number of anilines is 1. The second kappa shape index (κ2) is 11.2. The molecule has 3 aliphatic heterocycles. The molecule has 0 radical (unpaired) electrons. The minimum atomic E-state index is -1.25. The molecular formula is C30H38Cl2FN5O2. The Morgan fingerprint density at radius 2 is 1.88 bits per heavy atom. The van der Waals surface area contributed by atoms with Crippen molar-refractivity contribution in [2.75, 3.05) is 51.6 Å². The molecule has 0 aromatic heterocycles. The molecule has 0 saturated carbocycles. The summed E-state index contributed by atoms with van der Waals surface area (Å²) in [6, 6.07) is 8.76. The molecule has 3 N–H and O–H groups in total. The van der Waals surface area contributed by atoms with E-state index >= 15 is 4.39 Å². The molecule has 4 atom stereocenters. The highest BCUT2D eigenvalue weighted by molar-refractivity contribution is 6.31. The van der Waals surface area contributed by atoms with Crippen LogP contribution in [0.4, 0.5) is 10.1 Å². The summed E-state index contributed by atoms with van der Waals surface area (Å²) in [6.45, 7) is 11.3. The Kier molecular flexibility index (Phi) is 8.21. The highest BCUT2D eigenvalue weighted by Crippen LogP contribution is 2.57. The lowest BCUT2D eigenvalue weighted by Crippen LogP contribution is -2.50. The molecule has 7 nitrogen and oxygen atoms in total. The van der Waals surface area contributed by atoms with Crippen LogP contribution in [0.25, 0.3) is 0 Å². The predicted molar refractivity (Wildman–Crippen MR) is 158 cm³/mol. The van der Waals surface area contributed by atoms with Crippen LogP contribution in [0.5, 0.6) is 0 Å². The van der Waals surface area contributed by atoms with Crippen molar-refractivity contribution in [2.24, 2.45) is 5.41 Å². The fourth-order valence-electron chi connectivity index (χ4n) is 6.67. The van der Waals surface area contributed by atoms with E-state index in [1.165, 1.54) is 6.07 Å². The first-order valence-corrected chi connectivity index (χ1v) is 14.7. The summed E-state index contributed by atoms with van der Waals surface area (Å²) in [5.41, 5.74) is 0.0961. The molecule has 1 spiro atoms. The van der Waals surface area contributed by atoms with E-state index in [4.69, 9.17) is 23.2 Å². The van der Waals surface area contributed by atoms with Crippen LogP contribution in [0.1, 0.15) is 44.2 Å². The number of carbonyl (C=O) groups excluding carboxylic acids is 2. The van der Waals surface area contributed by atoms with Gasteiger partial charge in [-0.25, -0.2) is 4.39 Å². The van der Waals surface area contributed by atoms with E-state index in [-0.39, 0.29) is 27.8 Å². The minimum Gasteiger partial charge on any atom is -0.353 e. The van der Waals surface area contributed by atoms with Crippen molar-refractivity contribution < 1.29 is 14.0 Å². The quantitative estimate of drug-likeness (QED) is 0.470. The third kappa shape index (κ3) is 5.37. The van der Waals surface area contributed by atoms with Gasteiger partial charge in [0, 0.05) is 61.9 Å². The Morgan fingerprint density at radius 3 is 2.58 bits per heavy atom. The number of piperazine rings is 1. The average molecular weight is 591 g/mol. The third-order valence-corrected chi connectivity index (χ3v) is 9.07. The van der Waals surface area contributed by atoms with E-state index in [2.05, 4.69) is 53.6 Å². The molecule has 10 heteroatoms. The fraction of sp³-hybridized carbons (Fsp3) is 0.533. The van der Waals surface area contributed by atoms with Gasteiger partial charge in [-0.05, 0) is 48.2 Å². The van der Waals surface area contributed by atoms with Crippen molar-refractivity contribution >= 4 is 40.7 Å². The van der Waals surface area contributed by atoms with Gasteiger partial charge >= 0.3 is 0 Å². The van der Waals surface area contributed by atoms with Crippen LogP contribution in [-0.4, -0.2) is 80.0 Å². The predicted octanol–water partition coefficient (Wildman–Crippen LogP) is 4.25. The molecule has 0 bridgehead atoms. The molecule has 40 heavy (non-hydrogen) atoms. The van der Waals surface area contributed by atoms with Crippen LogP contribution in [-0.2, 0) is 15.0 Å². The Morgan fingerprint density at radius 1 is 1.15 bits per heavy atom. The molecule has 0 unspecified atom stereocenters. The van der Waals surface area contributed by atoms with Crippen LogP contribution in [0.15, 0.2) is 36.4 Å². The van der Waals surface area contributed by atoms with E-state index < -0.39 is 29.2 Å². The first kappa shape index (κ1) is 29.3. The second-order valence-corrected chi connectivity index (χ2v) is 13.4. The lowest BCUT2D eigenvalue weighted by atomic mass is 9.62. The van der Waals surface area contributed by atoms with Crippen LogP contribution in [0.3, 0.4) is 0 Å². The minimum absolute atomic E-state index is 0.0455. The van der Waals surface area contributed by atoms with Crippen molar-refractivity contribution in [3.05, 3.63) is 63.4 Å². The maximum atomic E-state index is 15.8. The maximum absolute atomic E-state index is 15.8. The zero-order valence-electron chi connectivity index (χ0n) is 23.5. The van der Waals surface area contributed by atoms with Gasteiger partial charge in [-0.15, -0.1) is 0 Å². The van der Waals surface area contributed by atoms with E-state index in [9.17, 15) is 9.59 Å². The van der Waals surface area contributed by atoms with Gasteiger partial charge in [0.25, 0.3) is 0 Å². The van der Waals surface area contributed by atoms with Crippen LogP contribution in [0.2, 0.25) is 10.0 Å².